The van der Waals surface area contributed by atoms with Crippen LogP contribution in [-0.2, 0) is 18.3 Å². The van der Waals surface area contributed by atoms with Crippen molar-refractivity contribution in [1.82, 2.24) is 4.57 Å². The first-order chi connectivity index (χ1) is 12.1. The van der Waals surface area contributed by atoms with Crippen LogP contribution in [0.3, 0.4) is 0 Å². The van der Waals surface area contributed by atoms with Crippen LogP contribution in [0.5, 0.6) is 5.75 Å². The van der Waals surface area contributed by atoms with E-state index in [9.17, 15) is 13.6 Å². The second-order valence-electron chi connectivity index (χ2n) is 6.00. The number of carbonyl (C=O) groups excluding carboxylic acids is 1. The fraction of sp³-hybridized carbons (Fsp3) is 0.250. The highest BCUT2D eigenvalue weighted by Gasteiger charge is 2.12. The molecular weight excluding hydrogens is 324 g/mol. The summed E-state index contributed by atoms with van der Waals surface area (Å²) in [7, 11) is 1.95. The fourth-order valence-corrected chi connectivity index (χ4v) is 2.93. The van der Waals surface area contributed by atoms with Gasteiger partial charge in [-0.2, -0.15) is 0 Å². The summed E-state index contributed by atoms with van der Waals surface area (Å²) < 4.78 is 34.0. The van der Waals surface area contributed by atoms with Gasteiger partial charge in [0.25, 0.3) is 0 Å². The van der Waals surface area contributed by atoms with Gasteiger partial charge in [0.1, 0.15) is 5.78 Å². The number of rotatable bonds is 7. The smallest absolute Gasteiger partial charge is 0.190 e. The number of ether oxygens (including phenoxy) is 1. The van der Waals surface area contributed by atoms with E-state index in [-0.39, 0.29) is 18.1 Å². The van der Waals surface area contributed by atoms with E-state index in [0.717, 1.165) is 28.6 Å². The third-order valence-corrected chi connectivity index (χ3v) is 4.13. The van der Waals surface area contributed by atoms with Crippen molar-refractivity contribution in [3.63, 3.8) is 0 Å². The molecule has 25 heavy (non-hydrogen) atoms. The highest BCUT2D eigenvalue weighted by atomic mass is 19.1. The normalized spacial score (nSPS) is 11.0. The maximum Gasteiger partial charge on any atom is 0.190 e. The SMILES string of the molecule is Cn1cc(CC(=O)CCCOc2c(F)cccc2F)c2ccccc21. The highest BCUT2D eigenvalue weighted by Crippen LogP contribution is 2.22. The summed E-state index contributed by atoms with van der Waals surface area (Å²) in [5.74, 6) is -1.78. The second kappa shape index (κ2) is 7.47. The first kappa shape index (κ1) is 17.1. The topological polar surface area (TPSA) is 31.2 Å². The van der Waals surface area contributed by atoms with Gasteiger partial charge in [-0.1, -0.05) is 24.3 Å². The van der Waals surface area contributed by atoms with Gasteiger partial charge in [-0.3, -0.25) is 4.79 Å². The molecule has 0 spiro atoms. The van der Waals surface area contributed by atoms with Gasteiger partial charge in [-0.05, 0) is 30.2 Å². The Bertz CT molecular complexity index is 882. The summed E-state index contributed by atoms with van der Waals surface area (Å²) in [4.78, 5) is 12.2. The van der Waals surface area contributed by atoms with Crippen molar-refractivity contribution in [3.8, 4) is 5.75 Å². The Morgan fingerprint density at radius 1 is 1.08 bits per heavy atom. The van der Waals surface area contributed by atoms with Gasteiger partial charge in [0.2, 0.25) is 0 Å². The van der Waals surface area contributed by atoms with Crippen molar-refractivity contribution in [2.24, 2.45) is 7.05 Å². The first-order valence-electron chi connectivity index (χ1n) is 8.17. The van der Waals surface area contributed by atoms with Crippen LogP contribution in [0.2, 0.25) is 0 Å². The second-order valence-corrected chi connectivity index (χ2v) is 6.00. The first-order valence-corrected chi connectivity index (χ1v) is 8.17. The quantitative estimate of drug-likeness (QED) is 0.594. The number of aromatic nitrogens is 1. The molecule has 130 valence electrons. The number of ketones is 1. The summed E-state index contributed by atoms with van der Waals surface area (Å²) in [5, 5.41) is 1.07. The van der Waals surface area contributed by atoms with Crippen molar-refractivity contribution in [3.05, 3.63) is 65.9 Å². The van der Waals surface area contributed by atoms with E-state index in [4.69, 9.17) is 4.74 Å². The molecule has 0 aliphatic carbocycles. The molecule has 3 rings (SSSR count). The Morgan fingerprint density at radius 2 is 1.80 bits per heavy atom. The van der Waals surface area contributed by atoms with E-state index >= 15 is 0 Å². The van der Waals surface area contributed by atoms with Gasteiger partial charge in [0, 0.05) is 37.0 Å². The molecule has 2 aromatic carbocycles. The number of hydrogen-bond acceptors (Lipinski definition) is 2. The number of benzene rings is 2. The summed E-state index contributed by atoms with van der Waals surface area (Å²) in [5.41, 5.74) is 2.08. The number of para-hydroxylation sites is 2. The summed E-state index contributed by atoms with van der Waals surface area (Å²) in [6.07, 6.45) is 3.03. The van der Waals surface area contributed by atoms with E-state index in [1.807, 2.05) is 42.1 Å². The minimum atomic E-state index is -0.734. The summed E-state index contributed by atoms with van der Waals surface area (Å²) in [6, 6.07) is 11.5. The average molecular weight is 343 g/mol. The Morgan fingerprint density at radius 3 is 2.56 bits per heavy atom. The van der Waals surface area contributed by atoms with Gasteiger partial charge in [-0.15, -0.1) is 0 Å². The summed E-state index contributed by atoms with van der Waals surface area (Å²) >= 11 is 0. The Hall–Kier alpha value is -2.69. The number of nitrogens with zero attached hydrogens (tertiary/aromatic N) is 1. The molecule has 3 aromatic rings. The molecule has 0 saturated heterocycles. The van der Waals surface area contributed by atoms with Gasteiger partial charge >= 0.3 is 0 Å². The Kier molecular flexibility index (Phi) is 5.12. The van der Waals surface area contributed by atoms with Crippen LogP contribution in [-0.4, -0.2) is 17.0 Å². The van der Waals surface area contributed by atoms with Crippen LogP contribution >= 0.6 is 0 Å². The van der Waals surface area contributed by atoms with Crippen molar-refractivity contribution in [1.29, 1.82) is 0 Å². The Balaban J connectivity index is 1.53. The number of carbonyl (C=O) groups is 1. The lowest BCUT2D eigenvalue weighted by Crippen LogP contribution is -2.07. The van der Waals surface area contributed by atoms with Crippen molar-refractivity contribution < 1.29 is 18.3 Å². The molecule has 0 unspecified atom stereocenters. The van der Waals surface area contributed by atoms with Gasteiger partial charge < -0.3 is 9.30 Å². The molecule has 0 N–H and O–H groups in total. The lowest BCUT2D eigenvalue weighted by molar-refractivity contribution is -0.118. The molecule has 0 aliphatic heterocycles. The predicted molar refractivity (Wildman–Crippen MR) is 92.7 cm³/mol. The number of aryl methyl sites for hydroxylation is 1. The number of hydrogen-bond donors (Lipinski definition) is 0. The predicted octanol–water partition coefficient (Wildman–Crippen LogP) is 4.43. The molecule has 0 fully saturated rings. The van der Waals surface area contributed by atoms with E-state index < -0.39 is 11.6 Å². The molecular formula is C20H19F2NO2. The van der Waals surface area contributed by atoms with Gasteiger partial charge in [0.15, 0.2) is 17.4 Å². The maximum atomic E-state index is 13.4. The average Bonchev–Trinajstić information content (AvgIpc) is 2.90. The Labute approximate surface area is 144 Å². The van der Waals surface area contributed by atoms with E-state index in [0.29, 0.717) is 19.3 Å². The maximum absolute atomic E-state index is 13.4. The van der Waals surface area contributed by atoms with Crippen LogP contribution in [0.25, 0.3) is 10.9 Å². The zero-order chi connectivity index (χ0) is 17.8. The minimum Gasteiger partial charge on any atom is -0.488 e. The zero-order valence-electron chi connectivity index (χ0n) is 14.0. The molecule has 0 bridgehead atoms. The van der Waals surface area contributed by atoms with Crippen molar-refractivity contribution in [2.75, 3.05) is 6.61 Å². The van der Waals surface area contributed by atoms with Crippen LogP contribution in [0, 0.1) is 11.6 Å². The molecule has 5 heteroatoms. The molecule has 0 radical (unpaired) electrons. The number of halogens is 2. The van der Waals surface area contributed by atoms with E-state index in [1.165, 1.54) is 6.07 Å². The zero-order valence-corrected chi connectivity index (χ0v) is 14.0. The van der Waals surface area contributed by atoms with E-state index in [2.05, 4.69) is 0 Å². The third-order valence-electron chi connectivity index (χ3n) is 4.13. The van der Waals surface area contributed by atoms with Crippen LogP contribution < -0.4 is 4.74 Å². The van der Waals surface area contributed by atoms with Crippen molar-refractivity contribution in [2.45, 2.75) is 19.3 Å². The van der Waals surface area contributed by atoms with Gasteiger partial charge in [-0.25, -0.2) is 8.78 Å². The number of Topliss-reactive ketones (excluding diaryl/α,β-unsaturated/α-hetero) is 1. The molecule has 0 atom stereocenters. The van der Waals surface area contributed by atoms with E-state index in [1.54, 1.807) is 0 Å². The van der Waals surface area contributed by atoms with Crippen LogP contribution in [0.1, 0.15) is 18.4 Å². The highest BCUT2D eigenvalue weighted by molar-refractivity contribution is 5.90. The lowest BCUT2D eigenvalue weighted by Gasteiger charge is -2.07. The largest absolute Gasteiger partial charge is 0.488 e. The summed E-state index contributed by atoms with van der Waals surface area (Å²) in [6.45, 7) is 0.0964. The molecule has 1 heterocycles. The van der Waals surface area contributed by atoms with Crippen LogP contribution in [0.4, 0.5) is 8.78 Å². The molecule has 3 nitrogen and oxygen atoms in total. The molecule has 1 aromatic heterocycles. The monoisotopic (exact) mass is 343 g/mol. The molecule has 0 amide bonds. The number of fused-ring (bicyclic) bond motifs is 1. The molecule has 0 aliphatic rings. The lowest BCUT2D eigenvalue weighted by atomic mass is 10.1. The third kappa shape index (κ3) is 3.87. The van der Waals surface area contributed by atoms with Crippen molar-refractivity contribution >= 4 is 16.7 Å². The standard InChI is InChI=1S/C20H19F2NO2/c1-23-13-14(16-7-2-3-10-19(16)23)12-15(24)6-5-11-25-20-17(21)8-4-9-18(20)22/h2-4,7-10,13H,5-6,11-12H2,1H3. The fourth-order valence-electron chi connectivity index (χ4n) is 2.93. The molecule has 0 saturated carbocycles. The minimum absolute atomic E-state index is 0.0777. The van der Waals surface area contributed by atoms with Gasteiger partial charge in [0.05, 0.1) is 6.61 Å². The van der Waals surface area contributed by atoms with Crippen LogP contribution in [0.15, 0.2) is 48.7 Å².